The Morgan fingerprint density at radius 3 is 2.54 bits per heavy atom. The van der Waals surface area contributed by atoms with E-state index in [0.29, 0.717) is 11.8 Å². The third-order valence-corrected chi connectivity index (χ3v) is 5.41. The summed E-state index contributed by atoms with van der Waals surface area (Å²) in [6.45, 7) is 7.00. The van der Waals surface area contributed by atoms with Crippen LogP contribution in [0.1, 0.15) is 50.2 Å². The van der Waals surface area contributed by atoms with Crippen LogP contribution in [-0.4, -0.2) is 18.8 Å². The van der Waals surface area contributed by atoms with Crippen LogP contribution in [0.15, 0.2) is 54.6 Å². The van der Waals surface area contributed by atoms with Gasteiger partial charge >= 0.3 is 0 Å². The van der Waals surface area contributed by atoms with Crippen LogP contribution in [0.2, 0.25) is 0 Å². The van der Waals surface area contributed by atoms with Gasteiger partial charge in [0, 0.05) is 13.2 Å². The SMILES string of the molecule is CC1(C)C[C@H]([C@H](CCNCc2ccccc2)c2ccc(F)cc2)CCO1. The molecule has 0 amide bonds. The molecule has 1 aliphatic heterocycles. The summed E-state index contributed by atoms with van der Waals surface area (Å²) in [4.78, 5) is 0. The van der Waals surface area contributed by atoms with Gasteiger partial charge in [-0.05, 0) is 74.8 Å². The van der Waals surface area contributed by atoms with Crippen molar-refractivity contribution in [3.05, 3.63) is 71.5 Å². The largest absolute Gasteiger partial charge is 0.376 e. The van der Waals surface area contributed by atoms with E-state index in [0.717, 1.165) is 39.0 Å². The van der Waals surface area contributed by atoms with E-state index in [1.165, 1.54) is 11.1 Å². The fourth-order valence-electron chi connectivity index (χ4n) is 4.09. The van der Waals surface area contributed by atoms with Crippen LogP contribution in [0.3, 0.4) is 0 Å². The molecule has 3 rings (SSSR count). The first-order valence-electron chi connectivity index (χ1n) is 9.67. The van der Waals surface area contributed by atoms with Crippen LogP contribution in [0.5, 0.6) is 0 Å². The van der Waals surface area contributed by atoms with Gasteiger partial charge in [-0.1, -0.05) is 42.5 Å². The Hall–Kier alpha value is -1.71. The molecule has 0 spiro atoms. The second-order valence-electron chi connectivity index (χ2n) is 7.97. The van der Waals surface area contributed by atoms with Gasteiger partial charge in [0.25, 0.3) is 0 Å². The van der Waals surface area contributed by atoms with Crippen LogP contribution in [0, 0.1) is 11.7 Å². The lowest BCUT2D eigenvalue weighted by Gasteiger charge is -2.39. The minimum absolute atomic E-state index is 0.0708. The fraction of sp³-hybridized carbons (Fsp3) is 0.478. The third-order valence-electron chi connectivity index (χ3n) is 5.41. The lowest BCUT2D eigenvalue weighted by Crippen LogP contribution is -2.36. The van der Waals surface area contributed by atoms with E-state index in [-0.39, 0.29) is 11.4 Å². The molecule has 1 fully saturated rings. The summed E-state index contributed by atoms with van der Waals surface area (Å²) < 4.78 is 19.3. The molecule has 140 valence electrons. The summed E-state index contributed by atoms with van der Waals surface area (Å²) in [6.07, 6.45) is 3.18. The molecule has 2 aromatic carbocycles. The van der Waals surface area contributed by atoms with Crippen LogP contribution in [0.4, 0.5) is 4.39 Å². The van der Waals surface area contributed by atoms with Crippen molar-refractivity contribution in [3.63, 3.8) is 0 Å². The van der Waals surface area contributed by atoms with Gasteiger partial charge in [-0.3, -0.25) is 0 Å². The smallest absolute Gasteiger partial charge is 0.123 e. The minimum Gasteiger partial charge on any atom is -0.376 e. The Bertz CT molecular complexity index is 668. The zero-order valence-electron chi connectivity index (χ0n) is 15.9. The average Bonchev–Trinajstić information content (AvgIpc) is 2.63. The summed E-state index contributed by atoms with van der Waals surface area (Å²) >= 11 is 0. The average molecular weight is 355 g/mol. The van der Waals surface area contributed by atoms with Crippen LogP contribution in [0.25, 0.3) is 0 Å². The molecular weight excluding hydrogens is 325 g/mol. The van der Waals surface area contributed by atoms with Crippen molar-refractivity contribution < 1.29 is 9.13 Å². The maximum atomic E-state index is 13.4. The quantitative estimate of drug-likeness (QED) is 0.681. The lowest BCUT2D eigenvalue weighted by molar-refractivity contribution is -0.0771. The van der Waals surface area contributed by atoms with Crippen molar-refractivity contribution in [1.82, 2.24) is 5.32 Å². The van der Waals surface area contributed by atoms with Gasteiger partial charge in [0.15, 0.2) is 0 Å². The first-order valence-corrected chi connectivity index (χ1v) is 9.67. The second kappa shape index (κ2) is 8.79. The summed E-state index contributed by atoms with van der Waals surface area (Å²) in [7, 11) is 0. The van der Waals surface area contributed by atoms with E-state index in [4.69, 9.17) is 4.74 Å². The van der Waals surface area contributed by atoms with E-state index in [1.807, 2.05) is 18.2 Å². The van der Waals surface area contributed by atoms with Crippen molar-refractivity contribution in [3.8, 4) is 0 Å². The number of hydrogen-bond donors (Lipinski definition) is 1. The first kappa shape index (κ1) is 19.1. The standard InChI is InChI=1S/C23H30FNO/c1-23(2)16-20(13-15-26-23)22(19-8-10-21(24)11-9-19)12-14-25-17-18-6-4-3-5-7-18/h3-11,20,22,25H,12-17H2,1-2H3/t20-,22-/m1/s1. The zero-order valence-corrected chi connectivity index (χ0v) is 15.9. The number of rotatable bonds is 7. The highest BCUT2D eigenvalue weighted by Gasteiger charge is 2.33. The molecule has 0 unspecified atom stereocenters. The normalized spacial score (nSPS) is 20.7. The van der Waals surface area contributed by atoms with Crippen LogP contribution < -0.4 is 5.32 Å². The van der Waals surface area contributed by atoms with E-state index < -0.39 is 0 Å². The fourth-order valence-corrected chi connectivity index (χ4v) is 4.09. The van der Waals surface area contributed by atoms with Crippen LogP contribution in [-0.2, 0) is 11.3 Å². The van der Waals surface area contributed by atoms with E-state index >= 15 is 0 Å². The maximum absolute atomic E-state index is 13.4. The minimum atomic E-state index is -0.165. The number of ether oxygens (including phenoxy) is 1. The van der Waals surface area contributed by atoms with Crippen LogP contribution >= 0.6 is 0 Å². The number of halogens is 1. The third kappa shape index (κ3) is 5.39. The molecule has 1 N–H and O–H groups in total. The van der Waals surface area contributed by atoms with Gasteiger partial charge in [-0.2, -0.15) is 0 Å². The summed E-state index contributed by atoms with van der Waals surface area (Å²) in [5, 5.41) is 3.57. The second-order valence-corrected chi connectivity index (χ2v) is 7.97. The molecule has 0 bridgehead atoms. The van der Waals surface area contributed by atoms with Gasteiger partial charge in [0.05, 0.1) is 5.60 Å². The number of hydrogen-bond acceptors (Lipinski definition) is 2. The van der Waals surface area contributed by atoms with Gasteiger partial charge in [0.1, 0.15) is 5.82 Å². The molecule has 1 heterocycles. The molecule has 0 saturated carbocycles. The molecule has 2 nitrogen and oxygen atoms in total. The molecule has 0 aromatic heterocycles. The van der Waals surface area contributed by atoms with Crippen molar-refractivity contribution in [2.45, 2.75) is 51.2 Å². The van der Waals surface area contributed by atoms with E-state index in [9.17, 15) is 4.39 Å². The van der Waals surface area contributed by atoms with Crippen molar-refractivity contribution in [1.29, 1.82) is 0 Å². The molecule has 0 aliphatic carbocycles. The summed E-state index contributed by atoms with van der Waals surface area (Å²) in [5.41, 5.74) is 2.48. The van der Waals surface area contributed by atoms with Crippen molar-refractivity contribution >= 4 is 0 Å². The molecule has 0 radical (unpaired) electrons. The monoisotopic (exact) mass is 355 g/mol. The van der Waals surface area contributed by atoms with Gasteiger partial charge in [0.2, 0.25) is 0 Å². The molecular formula is C23H30FNO. The summed E-state index contributed by atoms with van der Waals surface area (Å²) in [6, 6.07) is 17.6. The molecule has 1 saturated heterocycles. The zero-order chi connectivity index (χ0) is 18.4. The topological polar surface area (TPSA) is 21.3 Å². The maximum Gasteiger partial charge on any atom is 0.123 e. The van der Waals surface area contributed by atoms with E-state index in [1.54, 1.807) is 12.1 Å². The molecule has 2 atom stereocenters. The predicted octanol–water partition coefficient (Wildman–Crippen LogP) is 5.29. The van der Waals surface area contributed by atoms with Gasteiger partial charge < -0.3 is 10.1 Å². The summed E-state index contributed by atoms with van der Waals surface area (Å²) in [5.74, 6) is 0.840. The Morgan fingerprint density at radius 1 is 1.12 bits per heavy atom. The van der Waals surface area contributed by atoms with E-state index in [2.05, 4.69) is 43.4 Å². The number of nitrogens with one attached hydrogen (secondary N) is 1. The Kier molecular flexibility index (Phi) is 6.44. The number of benzene rings is 2. The predicted molar refractivity (Wildman–Crippen MR) is 105 cm³/mol. The lowest BCUT2D eigenvalue weighted by atomic mass is 9.75. The molecule has 3 heteroatoms. The molecule has 26 heavy (non-hydrogen) atoms. The Labute approximate surface area is 156 Å². The molecule has 1 aliphatic rings. The Morgan fingerprint density at radius 2 is 1.85 bits per heavy atom. The van der Waals surface area contributed by atoms with Crippen molar-refractivity contribution in [2.24, 2.45) is 5.92 Å². The Balaban J connectivity index is 1.63. The highest BCUT2D eigenvalue weighted by atomic mass is 19.1. The highest BCUT2D eigenvalue weighted by molar-refractivity contribution is 5.22. The first-order chi connectivity index (χ1) is 12.5. The van der Waals surface area contributed by atoms with Crippen molar-refractivity contribution in [2.75, 3.05) is 13.2 Å². The van der Waals surface area contributed by atoms with Gasteiger partial charge in [-0.25, -0.2) is 4.39 Å². The highest BCUT2D eigenvalue weighted by Crippen LogP contribution is 2.39. The van der Waals surface area contributed by atoms with Gasteiger partial charge in [-0.15, -0.1) is 0 Å². The molecule has 2 aromatic rings.